The van der Waals surface area contributed by atoms with E-state index in [2.05, 4.69) is 0 Å². The predicted molar refractivity (Wildman–Crippen MR) is 158 cm³/mol. The summed E-state index contributed by atoms with van der Waals surface area (Å²) in [7, 11) is 0. The lowest BCUT2D eigenvalue weighted by Gasteiger charge is -2.44. The molecule has 0 radical (unpaired) electrons. The van der Waals surface area contributed by atoms with Crippen LogP contribution in [0.5, 0.6) is 0 Å². The van der Waals surface area contributed by atoms with E-state index in [1.54, 1.807) is 0 Å². The van der Waals surface area contributed by atoms with Crippen molar-refractivity contribution < 1.29 is 149 Å². The molecule has 0 spiro atoms. The van der Waals surface area contributed by atoms with Gasteiger partial charge >= 0.3 is 88.8 Å². The van der Waals surface area contributed by atoms with Crippen molar-refractivity contribution >= 4 is 0 Å². The van der Waals surface area contributed by atoms with Gasteiger partial charge in [-0.1, -0.05) is 27.7 Å². The van der Waals surface area contributed by atoms with Crippen molar-refractivity contribution in [3.8, 4) is 0 Å². The molecule has 6 unspecified atom stereocenters. The fraction of sp³-hybridized carbons (Fsp3) is 0.879. The van der Waals surface area contributed by atoms with Crippen molar-refractivity contribution in [1.82, 2.24) is 0 Å². The Kier molecular flexibility index (Phi) is 15.9. The third kappa shape index (κ3) is 8.75. The van der Waals surface area contributed by atoms with Crippen LogP contribution in [-0.2, 0) is 0 Å². The van der Waals surface area contributed by atoms with Gasteiger partial charge in [-0.15, -0.1) is 0 Å². The van der Waals surface area contributed by atoms with Gasteiger partial charge in [0, 0.05) is 35.8 Å². The first kappa shape index (κ1) is 62.1. The summed E-state index contributed by atoms with van der Waals surface area (Å²) in [6.07, 6.45) is -8.35. The number of hydrogen-bond acceptors (Lipinski definition) is 0. The van der Waals surface area contributed by atoms with Gasteiger partial charge in [0.2, 0.25) is 0 Å². The van der Waals surface area contributed by atoms with E-state index in [0.717, 1.165) is 13.8 Å². The maximum Gasteiger partial charge on any atom is 0.382 e. The van der Waals surface area contributed by atoms with Crippen LogP contribution >= 0.6 is 0 Å². The predicted octanol–water partition coefficient (Wildman–Crippen LogP) is 16.0. The van der Waals surface area contributed by atoms with E-state index in [1.807, 2.05) is 0 Å². The fourth-order valence-corrected chi connectivity index (χ4v) is 5.77. The molecule has 0 N–H and O–H groups in total. The Hall–Kier alpha value is -2.90. The number of rotatable bonds is 0. The van der Waals surface area contributed by atoms with Crippen LogP contribution in [0, 0.1) is 23.7 Å². The third-order valence-corrected chi connectivity index (χ3v) is 11.1. The summed E-state index contributed by atoms with van der Waals surface area (Å²) in [5, 5.41) is 0. The van der Waals surface area contributed by atoms with Gasteiger partial charge < -0.3 is 0 Å². The Morgan fingerprint density at radius 3 is 0.701 bits per heavy atom. The highest BCUT2D eigenvalue weighted by molar-refractivity contribution is 5.38. The Morgan fingerprint density at radius 2 is 0.627 bits per heavy atom. The molecule has 0 bridgehead atoms. The zero-order valence-corrected chi connectivity index (χ0v) is 33.2. The van der Waals surface area contributed by atoms with Gasteiger partial charge in [0.15, 0.2) is 24.0 Å². The minimum atomic E-state index is -5.69. The molecule has 0 saturated heterocycles. The second-order valence-corrected chi connectivity index (χ2v) is 15.6. The maximum absolute atomic E-state index is 12.4. The van der Waals surface area contributed by atoms with Gasteiger partial charge in [0.05, 0.1) is 11.8 Å². The zero-order chi connectivity index (χ0) is 54.7. The Morgan fingerprint density at radius 1 is 0.313 bits per heavy atom. The van der Waals surface area contributed by atoms with Crippen molar-refractivity contribution in [2.24, 2.45) is 23.7 Å². The first-order valence-electron chi connectivity index (χ1n) is 17.5. The van der Waals surface area contributed by atoms with E-state index >= 15 is 0 Å². The average Bonchev–Trinajstić information content (AvgIpc) is 3.38. The molecule has 0 nitrogen and oxygen atoms in total. The van der Waals surface area contributed by atoms with E-state index in [-0.39, 0.29) is 6.92 Å². The molecule has 0 aromatic rings. The summed E-state index contributed by atoms with van der Waals surface area (Å²) in [6.45, 7) is 3.77. The van der Waals surface area contributed by atoms with E-state index in [0.29, 0.717) is 20.8 Å². The molecule has 0 heterocycles. The minimum Gasteiger partial charge on any atom is -0.240 e. The quantitative estimate of drug-likeness (QED) is 0.212. The van der Waals surface area contributed by atoms with E-state index < -0.39 is 160 Å². The largest absolute Gasteiger partial charge is 0.382 e. The topological polar surface area (TPSA) is 0 Å². The highest BCUT2D eigenvalue weighted by Gasteiger charge is 2.85. The van der Waals surface area contributed by atoms with Crippen LogP contribution in [0.2, 0.25) is 0 Å². The van der Waals surface area contributed by atoms with Crippen LogP contribution in [0.4, 0.5) is 149 Å². The van der Waals surface area contributed by atoms with E-state index in [4.69, 9.17) is 0 Å². The molecule has 6 atom stereocenters. The second kappa shape index (κ2) is 17.2. The normalized spacial score (nSPS) is 35.8. The summed E-state index contributed by atoms with van der Waals surface area (Å²) in [5.41, 5.74) is -3.08. The molecular formula is C33H28F34. The smallest absolute Gasteiger partial charge is 0.240 e. The molecule has 0 aromatic carbocycles. The number of alkyl halides is 32. The summed E-state index contributed by atoms with van der Waals surface area (Å²) in [6, 6.07) is 0. The molecule has 67 heavy (non-hydrogen) atoms. The zero-order valence-electron chi connectivity index (χ0n) is 33.2. The molecule has 0 amide bonds. The molecule has 4 saturated carbocycles. The van der Waals surface area contributed by atoms with Gasteiger partial charge in [0.25, 0.3) is 0 Å². The Bertz CT molecular complexity index is 1760. The van der Waals surface area contributed by atoms with Crippen LogP contribution < -0.4 is 0 Å². The van der Waals surface area contributed by atoms with Crippen LogP contribution in [0.3, 0.4) is 0 Å². The fourth-order valence-electron chi connectivity index (χ4n) is 5.77. The van der Waals surface area contributed by atoms with E-state index in [1.165, 1.54) is 0 Å². The van der Waals surface area contributed by atoms with Gasteiger partial charge in [-0.2, -0.15) is 132 Å². The Balaban J connectivity index is 0.000000404. The molecule has 6 aliphatic carbocycles. The monoisotopic (exact) mass is 1070 g/mol. The number of hydrogen-bond donors (Lipinski definition) is 0. The van der Waals surface area contributed by atoms with Gasteiger partial charge in [-0.05, 0) is 13.8 Å². The summed E-state index contributed by atoms with van der Waals surface area (Å²) in [4.78, 5) is 0. The number of allylic oxidation sites excluding steroid dienone is 4. The molecule has 0 aliphatic heterocycles. The SMILES string of the molecule is CC1=C(F)C(F)(F)C(F)(F)C1(F)F.CC1=C(F)C(F)(F)C1(F)F.CC1C(F)C(F)(F)C(F)(F)C1(F)F.CC1C(F)C(F)(F)C1(F)F.CC1CC(F)(F)C(F)(F)C1(F)F.CC1CC(F)(F)C1(F)F. The minimum absolute atomic E-state index is 0.212. The lowest BCUT2D eigenvalue weighted by Crippen LogP contribution is -2.67. The average molecular weight is 1070 g/mol. The molecule has 34 heteroatoms. The van der Waals surface area contributed by atoms with Crippen molar-refractivity contribution in [3.05, 3.63) is 22.8 Å². The lowest BCUT2D eigenvalue weighted by molar-refractivity contribution is -0.348. The first-order chi connectivity index (χ1) is 28.8. The molecule has 0 aromatic heterocycles. The van der Waals surface area contributed by atoms with Crippen LogP contribution in [0.15, 0.2) is 22.8 Å². The number of halogens is 34. The Labute approximate surface area is 352 Å². The van der Waals surface area contributed by atoms with E-state index in [9.17, 15) is 149 Å². The van der Waals surface area contributed by atoms with Crippen molar-refractivity contribution in [3.63, 3.8) is 0 Å². The summed E-state index contributed by atoms with van der Waals surface area (Å²) < 4.78 is 412. The van der Waals surface area contributed by atoms with Gasteiger partial charge in [-0.25, -0.2) is 17.6 Å². The van der Waals surface area contributed by atoms with Crippen molar-refractivity contribution in [1.29, 1.82) is 0 Å². The standard InChI is InChI=1S/C6H5F7.C6H3F7.C6H6F6.C5H5F5.C5H3F5.C5H6F4/c2*1-2-3(7)5(10,11)6(12,13)4(2,8)9;1-3-2-4(7,8)6(11,12)5(3,9)10;2*1-2-3(6)5(9,10)4(2,7)8;1-3-2-4(6,7)5(3,8)9/h2-3H,1H3;1H3;3H,2H2,1H3;2-3H,1H3;1H3;3H,2H2,1H3. The molecule has 6 aliphatic rings. The van der Waals surface area contributed by atoms with Crippen LogP contribution in [0.1, 0.15) is 54.4 Å². The molecule has 6 rings (SSSR count). The second-order valence-electron chi connectivity index (χ2n) is 15.6. The molecule has 4 fully saturated rings. The van der Waals surface area contributed by atoms with Crippen molar-refractivity contribution in [2.45, 2.75) is 156 Å². The summed E-state index contributed by atoms with van der Waals surface area (Å²) >= 11 is 0. The summed E-state index contributed by atoms with van der Waals surface area (Å²) in [5.74, 6) is -83.9. The third-order valence-electron chi connectivity index (χ3n) is 11.1. The maximum atomic E-state index is 12.4. The lowest BCUT2D eigenvalue weighted by atomic mass is 9.76. The highest BCUT2D eigenvalue weighted by atomic mass is 19.4. The van der Waals surface area contributed by atoms with Gasteiger partial charge in [-0.3, -0.25) is 0 Å². The highest BCUT2D eigenvalue weighted by Crippen LogP contribution is 2.63. The molecule has 398 valence electrons. The van der Waals surface area contributed by atoms with Gasteiger partial charge in [0.1, 0.15) is 0 Å². The van der Waals surface area contributed by atoms with Crippen LogP contribution in [0.25, 0.3) is 0 Å². The van der Waals surface area contributed by atoms with Crippen molar-refractivity contribution in [2.75, 3.05) is 0 Å². The first-order valence-corrected chi connectivity index (χ1v) is 17.5. The van der Waals surface area contributed by atoms with Crippen LogP contribution in [-0.4, -0.2) is 101 Å². The molecular weight excluding hydrogens is 1040 g/mol.